The highest BCUT2D eigenvalue weighted by molar-refractivity contribution is 4.85. The number of hydrogen-bond acceptors (Lipinski definition) is 3. The third-order valence-electron chi connectivity index (χ3n) is 2.46. The lowest BCUT2D eigenvalue weighted by molar-refractivity contribution is -0.0783. The van der Waals surface area contributed by atoms with Crippen molar-refractivity contribution in [1.29, 1.82) is 0 Å². The molecule has 0 N–H and O–H groups in total. The Morgan fingerprint density at radius 3 is 2.58 bits per heavy atom. The molecule has 1 rings (SSSR count). The first-order valence-electron chi connectivity index (χ1n) is 4.40. The molecule has 0 aromatic rings. The quantitative estimate of drug-likeness (QED) is 0.643. The van der Waals surface area contributed by atoms with Crippen LogP contribution in [-0.4, -0.2) is 38.6 Å². The van der Waals surface area contributed by atoms with Crippen LogP contribution in [0.1, 0.15) is 20.3 Å². The van der Waals surface area contributed by atoms with Crippen LogP contribution in [0, 0.1) is 0 Å². The van der Waals surface area contributed by atoms with Crippen LogP contribution in [0.3, 0.4) is 0 Å². The molecule has 4 atom stereocenters. The van der Waals surface area contributed by atoms with E-state index in [1.807, 2.05) is 6.92 Å². The number of rotatable bonds is 3. The minimum absolute atomic E-state index is 0.0926. The maximum absolute atomic E-state index is 5.67. The van der Waals surface area contributed by atoms with Crippen molar-refractivity contribution < 1.29 is 14.2 Å². The van der Waals surface area contributed by atoms with Gasteiger partial charge in [-0.25, -0.2) is 0 Å². The Hall–Kier alpha value is -0.120. The molecule has 1 aliphatic heterocycles. The van der Waals surface area contributed by atoms with E-state index in [9.17, 15) is 0 Å². The molecule has 3 heteroatoms. The lowest BCUT2D eigenvalue weighted by atomic mass is 10.1. The second-order valence-electron chi connectivity index (χ2n) is 3.36. The molecule has 72 valence electrons. The van der Waals surface area contributed by atoms with Crippen molar-refractivity contribution in [2.45, 2.75) is 44.7 Å². The topological polar surface area (TPSA) is 27.7 Å². The third kappa shape index (κ3) is 1.97. The summed E-state index contributed by atoms with van der Waals surface area (Å²) in [5.41, 5.74) is 0. The zero-order valence-corrected chi connectivity index (χ0v) is 8.24. The van der Waals surface area contributed by atoms with E-state index >= 15 is 0 Å². The summed E-state index contributed by atoms with van der Waals surface area (Å²) in [6.45, 7) is 4.07. The van der Waals surface area contributed by atoms with Gasteiger partial charge in [0.1, 0.15) is 6.10 Å². The van der Waals surface area contributed by atoms with E-state index in [0.717, 1.165) is 6.42 Å². The van der Waals surface area contributed by atoms with Gasteiger partial charge in [0.25, 0.3) is 0 Å². The highest BCUT2D eigenvalue weighted by atomic mass is 16.6. The molecule has 1 unspecified atom stereocenters. The SMILES string of the molecule is CO[C@@H](C)C1O[C@@H](C)C[C@@H]1OC. The van der Waals surface area contributed by atoms with E-state index in [4.69, 9.17) is 14.2 Å². The first-order chi connectivity index (χ1) is 5.69. The van der Waals surface area contributed by atoms with Crippen LogP contribution >= 0.6 is 0 Å². The first kappa shape index (κ1) is 9.96. The van der Waals surface area contributed by atoms with Gasteiger partial charge in [0.05, 0.1) is 18.3 Å². The first-order valence-corrected chi connectivity index (χ1v) is 4.40. The van der Waals surface area contributed by atoms with Crippen LogP contribution in [0.4, 0.5) is 0 Å². The predicted molar refractivity (Wildman–Crippen MR) is 46.2 cm³/mol. The Morgan fingerprint density at radius 2 is 2.08 bits per heavy atom. The number of ether oxygens (including phenoxy) is 3. The van der Waals surface area contributed by atoms with Gasteiger partial charge >= 0.3 is 0 Å². The summed E-state index contributed by atoms with van der Waals surface area (Å²) in [4.78, 5) is 0. The van der Waals surface area contributed by atoms with Gasteiger partial charge < -0.3 is 14.2 Å². The Bertz CT molecular complexity index is 138. The van der Waals surface area contributed by atoms with E-state index in [0.29, 0.717) is 0 Å². The molecule has 1 fully saturated rings. The van der Waals surface area contributed by atoms with Crippen molar-refractivity contribution in [3.63, 3.8) is 0 Å². The second kappa shape index (κ2) is 4.21. The fourth-order valence-corrected chi connectivity index (χ4v) is 1.65. The summed E-state index contributed by atoms with van der Waals surface area (Å²) in [5, 5.41) is 0. The summed E-state index contributed by atoms with van der Waals surface area (Å²) < 4.78 is 16.2. The predicted octanol–water partition coefficient (Wildman–Crippen LogP) is 1.21. The molecule has 0 aromatic carbocycles. The van der Waals surface area contributed by atoms with E-state index < -0.39 is 0 Å². The number of hydrogen-bond donors (Lipinski definition) is 0. The van der Waals surface area contributed by atoms with Crippen LogP contribution in [0.25, 0.3) is 0 Å². The molecule has 1 saturated heterocycles. The number of methoxy groups -OCH3 is 2. The molecule has 0 radical (unpaired) electrons. The minimum atomic E-state index is 0.0926. The van der Waals surface area contributed by atoms with Crippen LogP contribution in [0.5, 0.6) is 0 Å². The zero-order valence-electron chi connectivity index (χ0n) is 8.24. The van der Waals surface area contributed by atoms with Gasteiger partial charge in [-0.3, -0.25) is 0 Å². The van der Waals surface area contributed by atoms with Gasteiger partial charge in [0.2, 0.25) is 0 Å². The normalized spacial score (nSPS) is 38.5. The second-order valence-corrected chi connectivity index (χ2v) is 3.36. The molecular weight excluding hydrogens is 156 g/mol. The molecule has 0 aliphatic carbocycles. The maximum atomic E-state index is 5.67. The van der Waals surface area contributed by atoms with Gasteiger partial charge in [-0.1, -0.05) is 0 Å². The maximum Gasteiger partial charge on any atom is 0.110 e. The molecular formula is C9H18O3. The summed E-state index contributed by atoms with van der Waals surface area (Å²) >= 11 is 0. The molecule has 0 amide bonds. The molecule has 0 aromatic heterocycles. The molecule has 1 aliphatic rings. The van der Waals surface area contributed by atoms with Crippen LogP contribution < -0.4 is 0 Å². The molecule has 3 nitrogen and oxygen atoms in total. The lowest BCUT2D eigenvalue weighted by Crippen LogP contribution is -2.34. The Labute approximate surface area is 74.0 Å². The molecule has 1 heterocycles. The highest BCUT2D eigenvalue weighted by Crippen LogP contribution is 2.25. The molecule has 0 spiro atoms. The van der Waals surface area contributed by atoms with Crippen molar-refractivity contribution in [2.24, 2.45) is 0 Å². The summed E-state index contributed by atoms with van der Waals surface area (Å²) in [6.07, 6.45) is 1.65. The zero-order chi connectivity index (χ0) is 9.14. The summed E-state index contributed by atoms with van der Waals surface area (Å²) in [6, 6.07) is 0. The van der Waals surface area contributed by atoms with Crippen molar-refractivity contribution in [1.82, 2.24) is 0 Å². The molecule has 0 bridgehead atoms. The summed E-state index contributed by atoms with van der Waals surface area (Å²) in [5.74, 6) is 0. The van der Waals surface area contributed by atoms with E-state index in [2.05, 4.69) is 6.92 Å². The summed E-state index contributed by atoms with van der Waals surface area (Å²) in [7, 11) is 3.42. The highest BCUT2D eigenvalue weighted by Gasteiger charge is 2.36. The van der Waals surface area contributed by atoms with Gasteiger partial charge in [-0.15, -0.1) is 0 Å². The van der Waals surface area contributed by atoms with Gasteiger partial charge in [-0.2, -0.15) is 0 Å². The smallest absolute Gasteiger partial charge is 0.110 e. The van der Waals surface area contributed by atoms with Gasteiger partial charge in [0.15, 0.2) is 0 Å². The fraction of sp³-hybridized carbons (Fsp3) is 1.00. The van der Waals surface area contributed by atoms with E-state index in [1.165, 1.54) is 0 Å². The van der Waals surface area contributed by atoms with Gasteiger partial charge in [0, 0.05) is 20.6 Å². The largest absolute Gasteiger partial charge is 0.379 e. The Morgan fingerprint density at radius 1 is 1.42 bits per heavy atom. The molecule has 12 heavy (non-hydrogen) atoms. The standard InChI is InChI=1S/C9H18O3/c1-6-5-8(11-4)9(12-6)7(2)10-3/h6-9H,5H2,1-4H3/t6-,7-,8-,9?/m0/s1. The van der Waals surface area contributed by atoms with Crippen molar-refractivity contribution in [2.75, 3.05) is 14.2 Å². The Balaban J connectivity index is 2.51. The van der Waals surface area contributed by atoms with Crippen molar-refractivity contribution >= 4 is 0 Å². The van der Waals surface area contributed by atoms with Crippen molar-refractivity contribution in [3.8, 4) is 0 Å². The third-order valence-corrected chi connectivity index (χ3v) is 2.46. The van der Waals surface area contributed by atoms with Crippen LogP contribution in [-0.2, 0) is 14.2 Å². The minimum Gasteiger partial charge on any atom is -0.379 e. The lowest BCUT2D eigenvalue weighted by Gasteiger charge is -2.22. The molecule has 0 saturated carbocycles. The van der Waals surface area contributed by atoms with Crippen LogP contribution in [0.2, 0.25) is 0 Å². The monoisotopic (exact) mass is 174 g/mol. The average molecular weight is 174 g/mol. The average Bonchev–Trinajstić information content (AvgIpc) is 2.45. The fourth-order valence-electron chi connectivity index (χ4n) is 1.65. The van der Waals surface area contributed by atoms with E-state index in [-0.39, 0.29) is 24.4 Å². The van der Waals surface area contributed by atoms with E-state index in [1.54, 1.807) is 14.2 Å². The van der Waals surface area contributed by atoms with Crippen LogP contribution in [0.15, 0.2) is 0 Å². The van der Waals surface area contributed by atoms with Gasteiger partial charge in [-0.05, 0) is 13.8 Å². The Kier molecular flexibility index (Phi) is 3.50. The van der Waals surface area contributed by atoms with Crippen molar-refractivity contribution in [3.05, 3.63) is 0 Å².